The van der Waals surface area contributed by atoms with Crippen LogP contribution in [0.3, 0.4) is 0 Å². The van der Waals surface area contributed by atoms with E-state index in [1.165, 1.54) is 0 Å². The maximum absolute atomic E-state index is 11.8. The van der Waals surface area contributed by atoms with Gasteiger partial charge in [-0.05, 0) is 13.8 Å². The van der Waals surface area contributed by atoms with Crippen LogP contribution in [0.1, 0.15) is 13.8 Å². The minimum Gasteiger partial charge on any atom is -0.0996 e. The first-order valence-corrected chi connectivity index (χ1v) is 3.19. The molecule has 0 aromatic heterocycles. The number of hydrogen-bond donors (Lipinski definition) is 0. The standard InChI is InChI=1S/C4H6BrF3N2/c1-3(9-6)4(2,5)10(7)8/h1-2H3. The van der Waals surface area contributed by atoms with Crippen molar-refractivity contribution in [2.45, 2.75) is 18.3 Å². The average Bonchev–Trinajstić information content (AvgIpc) is 1.86. The Morgan fingerprint density at radius 3 is 2.10 bits per heavy atom. The van der Waals surface area contributed by atoms with Gasteiger partial charge in [0.25, 0.3) is 0 Å². The van der Waals surface area contributed by atoms with Gasteiger partial charge in [0.05, 0.1) is 5.71 Å². The topological polar surface area (TPSA) is 15.6 Å². The number of rotatable bonds is 2. The summed E-state index contributed by atoms with van der Waals surface area (Å²) in [5, 5.41) is 0.968. The number of nitrogens with zero attached hydrogens (tertiary/aromatic N) is 2. The quantitative estimate of drug-likeness (QED) is 0.301. The second-order valence-electron chi connectivity index (χ2n) is 1.86. The largest absolute Gasteiger partial charge is 0.175 e. The molecule has 0 fully saturated rings. The maximum Gasteiger partial charge on any atom is 0.175 e. The molecule has 10 heavy (non-hydrogen) atoms. The highest BCUT2D eigenvalue weighted by molar-refractivity contribution is 9.10. The number of hydrogen-bond acceptors (Lipinski definition) is 2. The van der Waals surface area contributed by atoms with Crippen molar-refractivity contribution >= 4 is 21.6 Å². The van der Waals surface area contributed by atoms with Crippen LogP contribution in [-0.2, 0) is 0 Å². The van der Waals surface area contributed by atoms with Crippen LogP contribution in [0.2, 0.25) is 0 Å². The van der Waals surface area contributed by atoms with Gasteiger partial charge in [0, 0.05) is 5.34 Å². The highest BCUT2D eigenvalue weighted by Gasteiger charge is 2.34. The molecular weight excluding hydrogens is 213 g/mol. The Bertz CT molecular complexity index is 145. The van der Waals surface area contributed by atoms with E-state index < -0.39 is 9.79 Å². The monoisotopic (exact) mass is 218 g/mol. The molecular formula is C4H6BrF3N2. The van der Waals surface area contributed by atoms with E-state index in [0.29, 0.717) is 0 Å². The van der Waals surface area contributed by atoms with Crippen LogP contribution in [0.5, 0.6) is 0 Å². The molecule has 0 spiro atoms. The molecule has 0 bridgehead atoms. The first-order chi connectivity index (χ1) is 4.42. The molecule has 0 radical (unpaired) electrons. The lowest BCUT2D eigenvalue weighted by Gasteiger charge is -2.19. The zero-order valence-electron chi connectivity index (χ0n) is 5.41. The van der Waals surface area contributed by atoms with Crippen LogP contribution in [0.25, 0.3) is 0 Å². The Kier molecular flexibility index (Phi) is 3.30. The molecule has 2 nitrogen and oxygen atoms in total. The minimum absolute atomic E-state index is 0.336. The van der Waals surface area contributed by atoms with E-state index in [4.69, 9.17) is 0 Å². The van der Waals surface area contributed by atoms with Gasteiger partial charge >= 0.3 is 0 Å². The third kappa shape index (κ3) is 1.95. The van der Waals surface area contributed by atoms with Gasteiger partial charge in [-0.1, -0.05) is 34.6 Å². The summed E-state index contributed by atoms with van der Waals surface area (Å²) in [6.07, 6.45) is 0. The molecule has 1 unspecified atom stereocenters. The van der Waals surface area contributed by atoms with E-state index in [1.807, 2.05) is 0 Å². The smallest absolute Gasteiger partial charge is 0.0996 e. The molecule has 1 atom stereocenters. The minimum atomic E-state index is -1.80. The van der Waals surface area contributed by atoms with Crippen molar-refractivity contribution in [2.75, 3.05) is 0 Å². The molecule has 0 rings (SSSR count). The summed E-state index contributed by atoms with van der Waals surface area (Å²) in [6.45, 7) is 2.24. The summed E-state index contributed by atoms with van der Waals surface area (Å²) < 4.78 is 33.2. The normalized spacial score (nSPS) is 19.3. The van der Waals surface area contributed by atoms with Crippen LogP contribution < -0.4 is 0 Å². The van der Waals surface area contributed by atoms with Gasteiger partial charge < -0.3 is 0 Å². The van der Waals surface area contributed by atoms with E-state index in [1.54, 1.807) is 0 Å². The van der Waals surface area contributed by atoms with Gasteiger partial charge in [-0.3, -0.25) is 0 Å². The lowest BCUT2D eigenvalue weighted by atomic mass is 10.2. The predicted molar refractivity (Wildman–Crippen MR) is 35.6 cm³/mol. The zero-order chi connectivity index (χ0) is 8.36. The van der Waals surface area contributed by atoms with E-state index in [9.17, 15) is 13.4 Å². The summed E-state index contributed by atoms with van der Waals surface area (Å²) in [4.78, 5) is 0. The Morgan fingerprint density at radius 2 is 2.00 bits per heavy atom. The van der Waals surface area contributed by atoms with Gasteiger partial charge in [0.1, 0.15) is 0 Å². The van der Waals surface area contributed by atoms with E-state index in [-0.39, 0.29) is 5.71 Å². The summed E-state index contributed by atoms with van der Waals surface area (Å²) >= 11 is 2.58. The summed E-state index contributed by atoms with van der Waals surface area (Å²) in [5.41, 5.74) is -0.336. The second-order valence-corrected chi connectivity index (χ2v) is 3.40. The molecule has 0 amide bonds. The fourth-order valence-electron chi connectivity index (χ4n) is 0.199. The van der Waals surface area contributed by atoms with E-state index in [2.05, 4.69) is 21.1 Å². The molecule has 0 aliphatic rings. The maximum atomic E-state index is 11.8. The summed E-state index contributed by atoms with van der Waals surface area (Å²) in [6, 6.07) is 0. The molecule has 0 aliphatic heterocycles. The van der Waals surface area contributed by atoms with E-state index >= 15 is 0 Å². The fraction of sp³-hybridized carbons (Fsp3) is 0.750. The van der Waals surface area contributed by atoms with Gasteiger partial charge in [-0.25, -0.2) is 0 Å². The lowest BCUT2D eigenvalue weighted by molar-refractivity contribution is -0.174. The molecule has 0 N–H and O–H groups in total. The fourth-order valence-corrected chi connectivity index (χ4v) is 0.266. The van der Waals surface area contributed by atoms with Gasteiger partial charge in [-0.15, -0.1) is 0 Å². The number of halogens is 4. The SMILES string of the molecule is CC(=NF)C(C)(Br)N(F)F. The van der Waals surface area contributed by atoms with Crippen molar-refractivity contribution in [3.05, 3.63) is 0 Å². The highest BCUT2D eigenvalue weighted by atomic mass is 79.9. The Balaban J connectivity index is 4.40. The summed E-state index contributed by atoms with van der Waals surface area (Å²) in [7, 11) is 0. The Labute approximate surface area is 64.7 Å². The molecule has 0 aromatic rings. The molecule has 0 saturated carbocycles. The Hall–Kier alpha value is -0.100. The van der Waals surface area contributed by atoms with Crippen molar-refractivity contribution in [1.82, 2.24) is 5.34 Å². The van der Waals surface area contributed by atoms with Crippen molar-refractivity contribution < 1.29 is 13.4 Å². The van der Waals surface area contributed by atoms with Crippen LogP contribution in [0, 0.1) is 0 Å². The van der Waals surface area contributed by atoms with Crippen molar-refractivity contribution in [2.24, 2.45) is 5.21 Å². The van der Waals surface area contributed by atoms with Gasteiger partial charge in [0.15, 0.2) is 4.45 Å². The predicted octanol–water partition coefficient (Wildman–Crippen LogP) is 2.51. The molecule has 0 saturated heterocycles. The second kappa shape index (κ2) is 3.34. The van der Waals surface area contributed by atoms with Crippen LogP contribution in [-0.4, -0.2) is 15.5 Å². The van der Waals surface area contributed by atoms with Crippen molar-refractivity contribution in [3.8, 4) is 0 Å². The average molecular weight is 219 g/mol. The van der Waals surface area contributed by atoms with Crippen molar-refractivity contribution in [1.29, 1.82) is 0 Å². The Morgan fingerprint density at radius 1 is 1.60 bits per heavy atom. The molecule has 0 heterocycles. The number of alkyl halides is 1. The van der Waals surface area contributed by atoms with Gasteiger partial charge in [-0.2, -0.15) is 0 Å². The zero-order valence-corrected chi connectivity index (χ0v) is 6.99. The molecule has 60 valence electrons. The third-order valence-corrected chi connectivity index (χ3v) is 1.95. The first-order valence-electron chi connectivity index (χ1n) is 2.39. The van der Waals surface area contributed by atoms with Crippen LogP contribution in [0.4, 0.5) is 13.4 Å². The summed E-state index contributed by atoms with van der Waals surface area (Å²) in [5.74, 6) is 0. The van der Waals surface area contributed by atoms with E-state index in [0.717, 1.165) is 13.8 Å². The molecule has 6 heteroatoms. The lowest BCUT2D eigenvalue weighted by Crippen LogP contribution is -2.36. The first kappa shape index (κ1) is 9.90. The van der Waals surface area contributed by atoms with Crippen LogP contribution >= 0.6 is 15.9 Å². The third-order valence-electron chi connectivity index (χ3n) is 1.10. The van der Waals surface area contributed by atoms with Gasteiger partial charge in [0.2, 0.25) is 0 Å². The van der Waals surface area contributed by atoms with Crippen LogP contribution in [0.15, 0.2) is 5.21 Å². The molecule has 0 aliphatic carbocycles. The van der Waals surface area contributed by atoms with Crippen molar-refractivity contribution in [3.63, 3.8) is 0 Å². The highest BCUT2D eigenvalue weighted by Crippen LogP contribution is 2.25. The molecule has 0 aromatic carbocycles.